The molecule has 0 aliphatic carbocycles. The molecule has 1 N–H and O–H groups in total. The smallest absolute Gasteiger partial charge is 0.251 e. The minimum Gasteiger partial charge on any atom is -0.333 e. The topological polar surface area (TPSA) is 66.8 Å². The van der Waals surface area contributed by atoms with E-state index in [1.54, 1.807) is 6.07 Å². The predicted octanol–water partition coefficient (Wildman–Crippen LogP) is 3.38. The Bertz CT molecular complexity index is 1000. The van der Waals surface area contributed by atoms with Crippen LogP contribution in [0, 0.1) is 0 Å². The summed E-state index contributed by atoms with van der Waals surface area (Å²) in [6, 6.07) is 10.4. The van der Waals surface area contributed by atoms with Crippen LogP contribution in [0.5, 0.6) is 0 Å². The molecule has 2 aromatic heterocycles. The Kier molecular flexibility index (Phi) is 4.89. The molecule has 28 heavy (non-hydrogen) atoms. The van der Waals surface area contributed by atoms with Crippen molar-refractivity contribution in [3.63, 3.8) is 0 Å². The zero-order valence-corrected chi connectivity index (χ0v) is 16.7. The average molecular weight is 377 g/mol. The van der Waals surface area contributed by atoms with Crippen molar-refractivity contribution >= 4 is 0 Å². The molecule has 3 heterocycles. The maximum absolute atomic E-state index is 12.1. The highest BCUT2D eigenvalue weighted by atomic mass is 16.1. The number of benzene rings is 1. The summed E-state index contributed by atoms with van der Waals surface area (Å²) >= 11 is 0. The zero-order chi connectivity index (χ0) is 19.7. The highest BCUT2D eigenvalue weighted by molar-refractivity contribution is 5.56. The zero-order valence-electron chi connectivity index (χ0n) is 16.7. The number of nitrogens with one attached hydrogen (secondary N) is 1. The lowest BCUT2D eigenvalue weighted by molar-refractivity contribution is 0.316. The summed E-state index contributed by atoms with van der Waals surface area (Å²) in [6.45, 7) is 9.19. The molecule has 6 nitrogen and oxygen atoms in total. The summed E-state index contributed by atoms with van der Waals surface area (Å²) in [4.78, 5) is 26.4. The van der Waals surface area contributed by atoms with Crippen LogP contribution in [-0.2, 0) is 12.0 Å². The van der Waals surface area contributed by atoms with E-state index in [0.29, 0.717) is 11.9 Å². The van der Waals surface area contributed by atoms with E-state index in [9.17, 15) is 4.79 Å². The molecule has 1 aliphatic rings. The number of aromatic nitrogens is 4. The third-order valence-electron chi connectivity index (χ3n) is 5.31. The first-order valence-corrected chi connectivity index (χ1v) is 9.79. The molecule has 1 atom stereocenters. The quantitative estimate of drug-likeness (QED) is 0.757. The van der Waals surface area contributed by atoms with Gasteiger partial charge in [-0.3, -0.25) is 9.69 Å². The Morgan fingerprint density at radius 2 is 2.11 bits per heavy atom. The largest absolute Gasteiger partial charge is 0.333 e. The van der Waals surface area contributed by atoms with Crippen molar-refractivity contribution in [1.29, 1.82) is 0 Å². The molecule has 0 spiro atoms. The number of nitrogens with zero attached hydrogens (tertiary/aromatic N) is 4. The van der Waals surface area contributed by atoms with E-state index in [0.717, 1.165) is 37.3 Å². The molecular formula is C22H27N5O. The van der Waals surface area contributed by atoms with Gasteiger partial charge in [0.15, 0.2) is 0 Å². The van der Waals surface area contributed by atoms with Crippen molar-refractivity contribution in [2.45, 2.75) is 45.2 Å². The van der Waals surface area contributed by atoms with Crippen LogP contribution < -0.4 is 5.56 Å². The lowest BCUT2D eigenvalue weighted by atomic mass is 9.92. The van der Waals surface area contributed by atoms with Gasteiger partial charge in [0, 0.05) is 55.1 Å². The fraction of sp³-hybridized carbons (Fsp3) is 0.409. The molecule has 1 saturated heterocycles. The van der Waals surface area contributed by atoms with Crippen molar-refractivity contribution in [2.24, 2.45) is 0 Å². The maximum Gasteiger partial charge on any atom is 0.251 e. The van der Waals surface area contributed by atoms with Gasteiger partial charge in [0.1, 0.15) is 5.82 Å². The highest BCUT2D eigenvalue weighted by Crippen LogP contribution is 2.25. The lowest BCUT2D eigenvalue weighted by Crippen LogP contribution is -2.21. The molecule has 3 aromatic rings. The van der Waals surface area contributed by atoms with Gasteiger partial charge in [-0.15, -0.1) is 0 Å². The van der Waals surface area contributed by atoms with Crippen LogP contribution in [0.3, 0.4) is 0 Å². The fourth-order valence-corrected chi connectivity index (χ4v) is 3.74. The summed E-state index contributed by atoms with van der Waals surface area (Å²) < 4.78 is 2.20. The molecule has 6 heteroatoms. The Morgan fingerprint density at radius 3 is 2.86 bits per heavy atom. The Morgan fingerprint density at radius 1 is 1.25 bits per heavy atom. The average Bonchev–Trinajstić information content (AvgIpc) is 3.32. The predicted molar refractivity (Wildman–Crippen MR) is 110 cm³/mol. The molecule has 1 aliphatic heterocycles. The van der Waals surface area contributed by atoms with Crippen molar-refractivity contribution in [3.05, 3.63) is 70.7 Å². The Labute approximate surface area is 165 Å². The normalized spacial score (nSPS) is 17.9. The summed E-state index contributed by atoms with van der Waals surface area (Å²) in [5.41, 5.74) is 2.71. The van der Waals surface area contributed by atoms with Gasteiger partial charge in [0.05, 0.1) is 12.0 Å². The van der Waals surface area contributed by atoms with Crippen molar-refractivity contribution in [3.8, 4) is 11.4 Å². The van der Waals surface area contributed by atoms with Crippen LogP contribution in [0.25, 0.3) is 11.4 Å². The van der Waals surface area contributed by atoms with Crippen LogP contribution in [0.1, 0.15) is 44.5 Å². The number of likely N-dealkylation sites (tertiary alicyclic amines) is 1. The SMILES string of the molecule is CC(C)(C)c1cc(=O)[nH]c(-c2cccc(CN3CCC(n4ccnc4)C3)c2)n1. The van der Waals surface area contributed by atoms with Crippen LogP contribution in [0.2, 0.25) is 0 Å². The standard InChI is InChI=1S/C22H27N5O/c1-22(2,3)19-12-20(28)25-21(24-19)17-6-4-5-16(11-17)13-26-9-7-18(14-26)27-10-8-23-15-27/h4-6,8,10-12,15,18H,7,9,13-14H2,1-3H3,(H,24,25,28). The monoisotopic (exact) mass is 377 g/mol. The summed E-state index contributed by atoms with van der Waals surface area (Å²) in [5.74, 6) is 0.636. The second-order valence-corrected chi connectivity index (χ2v) is 8.62. The Hall–Kier alpha value is -2.73. The van der Waals surface area contributed by atoms with E-state index in [-0.39, 0.29) is 11.0 Å². The van der Waals surface area contributed by atoms with Crippen LogP contribution in [-0.4, -0.2) is 37.5 Å². The summed E-state index contributed by atoms with van der Waals surface area (Å²) in [7, 11) is 0. The van der Waals surface area contributed by atoms with E-state index in [2.05, 4.69) is 52.3 Å². The van der Waals surface area contributed by atoms with E-state index < -0.39 is 0 Å². The van der Waals surface area contributed by atoms with Gasteiger partial charge in [-0.2, -0.15) is 0 Å². The molecule has 1 unspecified atom stereocenters. The number of H-pyrrole nitrogens is 1. The molecule has 0 radical (unpaired) electrons. The number of hydrogen-bond acceptors (Lipinski definition) is 4. The van der Waals surface area contributed by atoms with E-state index in [1.807, 2.05) is 30.9 Å². The first-order chi connectivity index (χ1) is 13.4. The molecular weight excluding hydrogens is 350 g/mol. The van der Waals surface area contributed by atoms with Gasteiger partial charge in [-0.1, -0.05) is 39.0 Å². The minimum atomic E-state index is -0.168. The van der Waals surface area contributed by atoms with Gasteiger partial charge >= 0.3 is 0 Å². The van der Waals surface area contributed by atoms with Crippen LogP contribution in [0.15, 0.2) is 53.8 Å². The van der Waals surface area contributed by atoms with Crippen LogP contribution in [0.4, 0.5) is 0 Å². The second kappa shape index (κ2) is 7.36. The fourth-order valence-electron chi connectivity index (χ4n) is 3.74. The Balaban J connectivity index is 1.53. The molecule has 0 amide bonds. The van der Waals surface area contributed by atoms with Crippen LogP contribution >= 0.6 is 0 Å². The molecule has 1 aromatic carbocycles. The van der Waals surface area contributed by atoms with Gasteiger partial charge in [-0.05, 0) is 18.1 Å². The van der Waals surface area contributed by atoms with Crippen molar-refractivity contribution in [1.82, 2.24) is 24.4 Å². The van der Waals surface area contributed by atoms with Gasteiger partial charge < -0.3 is 9.55 Å². The van der Waals surface area contributed by atoms with E-state index in [1.165, 1.54) is 5.56 Å². The molecule has 4 rings (SSSR count). The molecule has 0 saturated carbocycles. The molecule has 146 valence electrons. The summed E-state index contributed by atoms with van der Waals surface area (Å²) in [5, 5.41) is 0. The first-order valence-electron chi connectivity index (χ1n) is 9.79. The third kappa shape index (κ3) is 4.07. The van der Waals surface area contributed by atoms with Crippen molar-refractivity contribution < 1.29 is 0 Å². The number of aromatic amines is 1. The lowest BCUT2D eigenvalue weighted by Gasteiger charge is -2.19. The molecule has 1 fully saturated rings. The summed E-state index contributed by atoms with van der Waals surface area (Å²) in [6.07, 6.45) is 6.92. The number of imidazole rings is 1. The molecule has 0 bridgehead atoms. The first kappa shape index (κ1) is 18.6. The third-order valence-corrected chi connectivity index (χ3v) is 5.31. The minimum absolute atomic E-state index is 0.108. The number of hydrogen-bond donors (Lipinski definition) is 1. The number of rotatable bonds is 4. The van der Waals surface area contributed by atoms with E-state index >= 15 is 0 Å². The maximum atomic E-state index is 12.1. The van der Waals surface area contributed by atoms with Gasteiger partial charge in [0.2, 0.25) is 0 Å². The van der Waals surface area contributed by atoms with Crippen molar-refractivity contribution in [2.75, 3.05) is 13.1 Å². The van der Waals surface area contributed by atoms with Gasteiger partial charge in [-0.25, -0.2) is 9.97 Å². The van der Waals surface area contributed by atoms with Gasteiger partial charge in [0.25, 0.3) is 5.56 Å². The second-order valence-electron chi connectivity index (χ2n) is 8.62. The highest BCUT2D eigenvalue weighted by Gasteiger charge is 2.23. The van der Waals surface area contributed by atoms with E-state index in [4.69, 9.17) is 4.98 Å².